The zero-order valence-electron chi connectivity index (χ0n) is 24.6. The molecule has 0 saturated carbocycles. The van der Waals surface area contributed by atoms with Crippen molar-refractivity contribution in [1.82, 2.24) is 10.6 Å². The van der Waals surface area contributed by atoms with E-state index < -0.39 is 41.5 Å². The highest BCUT2D eigenvalue weighted by atomic mass is 16.6. The fraction of sp³-hybridized carbons (Fsp3) is 0.455. The van der Waals surface area contributed by atoms with Gasteiger partial charge in [-0.05, 0) is 51.2 Å². The summed E-state index contributed by atoms with van der Waals surface area (Å²) in [7, 11) is 0. The lowest BCUT2D eigenvalue weighted by atomic mass is 9.96. The van der Waals surface area contributed by atoms with E-state index in [4.69, 9.17) is 9.47 Å². The second-order valence-electron chi connectivity index (χ2n) is 11.5. The van der Waals surface area contributed by atoms with Gasteiger partial charge >= 0.3 is 11.9 Å². The molecular weight excluding hydrogens is 536 g/mol. The number of hydrogen-bond donors (Lipinski definition) is 3. The van der Waals surface area contributed by atoms with Gasteiger partial charge in [-0.2, -0.15) is 0 Å². The normalized spacial score (nSPS) is 21.5. The maximum absolute atomic E-state index is 13.2. The fourth-order valence-electron chi connectivity index (χ4n) is 4.69. The van der Waals surface area contributed by atoms with Crippen LogP contribution in [0.15, 0.2) is 72.8 Å². The molecule has 0 fully saturated rings. The van der Waals surface area contributed by atoms with E-state index in [9.17, 15) is 24.3 Å². The average molecular weight is 579 g/mol. The minimum Gasteiger partial charge on any atom is -0.460 e. The number of aliphatic hydroxyl groups excluding tert-OH is 1. The van der Waals surface area contributed by atoms with Gasteiger partial charge in [-0.25, -0.2) is 0 Å². The highest BCUT2D eigenvalue weighted by Crippen LogP contribution is 2.24. The molecule has 0 radical (unpaired) electrons. The Morgan fingerprint density at radius 1 is 0.976 bits per heavy atom. The van der Waals surface area contributed by atoms with Crippen LogP contribution in [-0.2, 0) is 35.1 Å². The predicted octanol–water partition coefficient (Wildman–Crippen LogP) is 3.81. The first-order valence-electron chi connectivity index (χ1n) is 14.4. The molecule has 0 aliphatic carbocycles. The Labute approximate surface area is 247 Å². The van der Waals surface area contributed by atoms with Crippen molar-refractivity contribution in [1.29, 1.82) is 0 Å². The lowest BCUT2D eigenvalue weighted by Crippen LogP contribution is -2.42. The Morgan fingerprint density at radius 3 is 2.21 bits per heavy atom. The van der Waals surface area contributed by atoms with Crippen LogP contribution < -0.4 is 10.6 Å². The van der Waals surface area contributed by atoms with Crippen LogP contribution in [0.1, 0.15) is 63.7 Å². The lowest BCUT2D eigenvalue weighted by Gasteiger charge is -2.25. The van der Waals surface area contributed by atoms with Gasteiger partial charge in [-0.15, -0.1) is 0 Å². The molecule has 9 nitrogen and oxygen atoms in total. The molecule has 0 unspecified atom stereocenters. The first-order valence-corrected chi connectivity index (χ1v) is 14.4. The maximum atomic E-state index is 13.2. The van der Waals surface area contributed by atoms with Gasteiger partial charge in [0.05, 0.1) is 37.5 Å². The van der Waals surface area contributed by atoms with Crippen molar-refractivity contribution in [3.05, 3.63) is 83.9 Å². The van der Waals surface area contributed by atoms with Gasteiger partial charge < -0.3 is 25.2 Å². The van der Waals surface area contributed by atoms with Crippen molar-refractivity contribution in [2.45, 2.75) is 70.6 Å². The third kappa shape index (κ3) is 11.1. The second-order valence-corrected chi connectivity index (χ2v) is 11.5. The summed E-state index contributed by atoms with van der Waals surface area (Å²) in [6.07, 6.45) is 3.39. The van der Waals surface area contributed by atoms with Gasteiger partial charge in [0.1, 0.15) is 11.7 Å². The first kappa shape index (κ1) is 32.5. The Morgan fingerprint density at radius 2 is 1.60 bits per heavy atom. The highest BCUT2D eigenvalue weighted by Gasteiger charge is 2.30. The number of carbonyl (C=O) groups excluding carboxylic acids is 4. The lowest BCUT2D eigenvalue weighted by molar-refractivity contribution is -0.164. The number of hydrogen-bond acceptors (Lipinski definition) is 7. The minimum atomic E-state index is -0.786. The summed E-state index contributed by atoms with van der Waals surface area (Å²) in [6, 6.07) is 18.1. The number of rotatable bonds is 9. The number of esters is 2. The number of cyclic esters (lactones) is 1. The Kier molecular flexibility index (Phi) is 12.3. The van der Waals surface area contributed by atoms with Crippen LogP contribution in [0.2, 0.25) is 0 Å². The summed E-state index contributed by atoms with van der Waals surface area (Å²) < 4.78 is 11.3. The molecule has 0 saturated heterocycles. The van der Waals surface area contributed by atoms with E-state index in [1.807, 2.05) is 48.5 Å². The molecule has 42 heavy (non-hydrogen) atoms. The van der Waals surface area contributed by atoms with Crippen molar-refractivity contribution >= 4 is 23.8 Å². The van der Waals surface area contributed by atoms with Crippen LogP contribution in [0, 0.1) is 11.8 Å². The number of carbonyl (C=O) groups is 4. The minimum absolute atomic E-state index is 0.00283. The first-order chi connectivity index (χ1) is 20.0. The third-order valence-electron chi connectivity index (χ3n) is 6.78. The second kappa shape index (κ2) is 15.9. The van der Waals surface area contributed by atoms with Gasteiger partial charge in [0.2, 0.25) is 11.8 Å². The number of amides is 2. The summed E-state index contributed by atoms with van der Waals surface area (Å²) in [5.74, 6) is -3.21. The molecule has 1 aliphatic heterocycles. The maximum Gasteiger partial charge on any atom is 0.310 e. The van der Waals surface area contributed by atoms with Gasteiger partial charge in [0, 0.05) is 6.42 Å². The quantitative estimate of drug-likeness (QED) is 0.305. The Bertz CT molecular complexity index is 1210. The van der Waals surface area contributed by atoms with E-state index in [1.165, 1.54) is 0 Å². The molecule has 0 spiro atoms. The zero-order valence-corrected chi connectivity index (χ0v) is 24.6. The number of ether oxygens (including phenoxy) is 2. The monoisotopic (exact) mass is 578 g/mol. The van der Waals surface area contributed by atoms with Crippen LogP contribution in [0.3, 0.4) is 0 Å². The molecule has 1 heterocycles. The molecule has 0 bridgehead atoms. The smallest absolute Gasteiger partial charge is 0.310 e. The van der Waals surface area contributed by atoms with E-state index in [2.05, 4.69) is 10.6 Å². The van der Waals surface area contributed by atoms with Crippen molar-refractivity contribution in [2.75, 3.05) is 13.2 Å². The van der Waals surface area contributed by atoms with Gasteiger partial charge in [-0.1, -0.05) is 72.8 Å². The van der Waals surface area contributed by atoms with E-state index >= 15 is 0 Å². The van der Waals surface area contributed by atoms with Crippen LogP contribution >= 0.6 is 0 Å². The van der Waals surface area contributed by atoms with Gasteiger partial charge in [0.25, 0.3) is 0 Å². The van der Waals surface area contributed by atoms with Gasteiger partial charge in [-0.3, -0.25) is 19.2 Å². The summed E-state index contributed by atoms with van der Waals surface area (Å²) >= 11 is 0. The van der Waals surface area contributed by atoms with Crippen molar-refractivity contribution in [3.8, 4) is 0 Å². The topological polar surface area (TPSA) is 131 Å². The summed E-state index contributed by atoms with van der Waals surface area (Å²) in [5.41, 5.74) is 0.977. The highest BCUT2D eigenvalue weighted by molar-refractivity contribution is 5.86. The number of benzene rings is 2. The Balaban J connectivity index is 1.75. The zero-order chi connectivity index (χ0) is 30.5. The molecule has 2 aromatic carbocycles. The molecule has 1 aliphatic rings. The summed E-state index contributed by atoms with van der Waals surface area (Å²) in [5, 5.41) is 15.5. The van der Waals surface area contributed by atoms with Crippen molar-refractivity contribution in [2.24, 2.45) is 11.8 Å². The van der Waals surface area contributed by atoms with Crippen molar-refractivity contribution in [3.63, 3.8) is 0 Å². The van der Waals surface area contributed by atoms with Crippen LogP contribution in [0.5, 0.6) is 0 Å². The largest absolute Gasteiger partial charge is 0.460 e. The third-order valence-corrected chi connectivity index (χ3v) is 6.78. The van der Waals surface area contributed by atoms with Crippen LogP contribution in [0.25, 0.3) is 0 Å². The predicted molar refractivity (Wildman–Crippen MR) is 158 cm³/mol. The van der Waals surface area contributed by atoms with E-state index in [0.29, 0.717) is 12.0 Å². The average Bonchev–Trinajstić information content (AvgIpc) is 2.95. The van der Waals surface area contributed by atoms with Crippen LogP contribution in [-0.4, -0.2) is 53.7 Å². The molecule has 3 N–H and O–H groups in total. The van der Waals surface area contributed by atoms with Gasteiger partial charge in [0.15, 0.2) is 0 Å². The van der Waals surface area contributed by atoms with E-state index in [0.717, 1.165) is 5.56 Å². The fourth-order valence-corrected chi connectivity index (χ4v) is 4.69. The number of nitrogens with one attached hydrogen (secondary N) is 2. The SMILES string of the molecule is CC(C)(C)OC(=O)C[C@H]1C/C=C\C[C@@H](CC(=O)N[C@H](CO)Cc2ccccc2)C(=O)NC[C@@H](c2ccccc2)OC1=O. The molecule has 9 heteroatoms. The molecule has 226 valence electrons. The molecule has 4 atom stereocenters. The Hall–Kier alpha value is -3.98. The molecule has 2 amide bonds. The molecule has 2 aromatic rings. The standard InChI is InChI=1S/C33H42N2O7/c1-33(2,3)42-30(38)20-26-17-11-10-16-25(19-29(37)35-27(22-36)18-23-12-6-4-7-13-23)31(39)34-21-28(41-32(26)40)24-14-8-5-9-15-24/h4-15,25-28,36H,16-22H2,1-3H3,(H,34,39)(H,35,37)/b11-10-/t25-,26+,27-,28-/m0/s1. The van der Waals surface area contributed by atoms with E-state index in [1.54, 1.807) is 45.1 Å². The summed E-state index contributed by atoms with van der Waals surface area (Å²) in [4.78, 5) is 52.0. The molecule has 3 rings (SSSR count). The number of allylic oxidation sites excluding steroid dienone is 2. The summed E-state index contributed by atoms with van der Waals surface area (Å²) in [6.45, 7) is 5.06. The molecular formula is C33H42N2O7. The number of aliphatic hydroxyl groups is 1. The van der Waals surface area contributed by atoms with Crippen molar-refractivity contribution < 1.29 is 33.8 Å². The molecule has 0 aromatic heterocycles. The van der Waals surface area contributed by atoms with Crippen LogP contribution in [0.4, 0.5) is 0 Å². The van der Waals surface area contributed by atoms with E-state index in [-0.39, 0.29) is 50.6 Å².